The van der Waals surface area contributed by atoms with E-state index in [1.807, 2.05) is 13.8 Å². The molecule has 1 N–H and O–H groups in total. The second-order valence-electron chi connectivity index (χ2n) is 3.97. The lowest BCUT2D eigenvalue weighted by atomic mass is 10.2. The van der Waals surface area contributed by atoms with E-state index in [0.29, 0.717) is 22.9 Å². The average molecular weight is 265 g/mol. The molecule has 0 aliphatic rings. The fraction of sp³-hybridized carbons (Fsp3) is 0.231. The Kier molecular flexibility index (Phi) is 3.67. The highest BCUT2D eigenvalue weighted by molar-refractivity contribution is 6.33. The molecule has 1 amide bonds. The summed E-state index contributed by atoms with van der Waals surface area (Å²) in [6, 6.07) is 6.93. The summed E-state index contributed by atoms with van der Waals surface area (Å²) in [6.45, 7) is 4.04. The highest BCUT2D eigenvalue weighted by atomic mass is 35.5. The molecule has 18 heavy (non-hydrogen) atoms. The van der Waals surface area contributed by atoms with Gasteiger partial charge in [-0.15, -0.1) is 0 Å². The van der Waals surface area contributed by atoms with E-state index >= 15 is 0 Å². The van der Waals surface area contributed by atoms with Gasteiger partial charge in [0.2, 0.25) is 0 Å². The summed E-state index contributed by atoms with van der Waals surface area (Å²) in [5.74, 6) is 0.507. The fourth-order valence-electron chi connectivity index (χ4n) is 1.66. The monoisotopic (exact) mass is 264 g/mol. The second-order valence-corrected chi connectivity index (χ2v) is 4.37. The molecule has 4 nitrogen and oxygen atoms in total. The highest BCUT2D eigenvalue weighted by Crippen LogP contribution is 2.16. The summed E-state index contributed by atoms with van der Waals surface area (Å²) in [5.41, 5.74) is 2.15. The van der Waals surface area contributed by atoms with Crippen LogP contribution < -0.4 is 5.32 Å². The zero-order valence-electron chi connectivity index (χ0n) is 10.2. The van der Waals surface area contributed by atoms with Crippen LogP contribution in [0.1, 0.15) is 27.4 Å². The van der Waals surface area contributed by atoms with Gasteiger partial charge in [0.25, 0.3) is 5.91 Å². The van der Waals surface area contributed by atoms with Crippen LogP contribution >= 0.6 is 11.6 Å². The number of benzene rings is 1. The van der Waals surface area contributed by atoms with Gasteiger partial charge in [-0.3, -0.25) is 4.79 Å². The van der Waals surface area contributed by atoms with Crippen molar-refractivity contribution in [1.82, 2.24) is 10.5 Å². The third-order valence-corrected chi connectivity index (χ3v) is 3.06. The number of nitrogens with zero attached hydrogens (tertiary/aromatic N) is 1. The fourth-order valence-corrected chi connectivity index (χ4v) is 1.89. The molecule has 5 heteroatoms. The summed E-state index contributed by atoms with van der Waals surface area (Å²) < 4.78 is 5.03. The van der Waals surface area contributed by atoms with E-state index in [1.165, 1.54) is 0 Å². The number of halogens is 1. The molecule has 0 bridgehead atoms. The molecule has 2 aromatic rings. The van der Waals surface area contributed by atoms with E-state index in [1.54, 1.807) is 24.3 Å². The van der Waals surface area contributed by atoms with Crippen molar-refractivity contribution in [2.75, 3.05) is 0 Å². The number of hydrogen-bond donors (Lipinski definition) is 1. The number of amides is 1. The minimum Gasteiger partial charge on any atom is -0.361 e. The van der Waals surface area contributed by atoms with Gasteiger partial charge in [-0.1, -0.05) is 28.9 Å². The highest BCUT2D eigenvalue weighted by Gasteiger charge is 2.12. The van der Waals surface area contributed by atoms with Gasteiger partial charge in [-0.05, 0) is 26.0 Å². The second kappa shape index (κ2) is 5.23. The van der Waals surface area contributed by atoms with Crippen molar-refractivity contribution < 1.29 is 9.32 Å². The van der Waals surface area contributed by atoms with E-state index in [0.717, 1.165) is 11.3 Å². The zero-order valence-corrected chi connectivity index (χ0v) is 10.9. The van der Waals surface area contributed by atoms with Gasteiger partial charge in [0.05, 0.1) is 16.3 Å². The predicted octanol–water partition coefficient (Wildman–Crippen LogP) is 2.87. The van der Waals surface area contributed by atoms with Crippen LogP contribution in [0, 0.1) is 13.8 Å². The van der Waals surface area contributed by atoms with Crippen molar-refractivity contribution in [2.45, 2.75) is 20.4 Å². The Morgan fingerprint density at radius 1 is 1.39 bits per heavy atom. The van der Waals surface area contributed by atoms with E-state index in [4.69, 9.17) is 16.1 Å². The quantitative estimate of drug-likeness (QED) is 0.927. The van der Waals surface area contributed by atoms with Crippen molar-refractivity contribution in [2.24, 2.45) is 0 Å². The molecule has 0 atom stereocenters. The van der Waals surface area contributed by atoms with Crippen LogP contribution in [0.15, 0.2) is 28.8 Å². The van der Waals surface area contributed by atoms with Crippen LogP contribution in [-0.4, -0.2) is 11.1 Å². The Bertz CT molecular complexity index is 559. The van der Waals surface area contributed by atoms with Crippen molar-refractivity contribution in [3.05, 3.63) is 51.9 Å². The van der Waals surface area contributed by atoms with Gasteiger partial charge >= 0.3 is 0 Å². The molecule has 0 aliphatic heterocycles. The summed E-state index contributed by atoms with van der Waals surface area (Å²) in [6.07, 6.45) is 0. The third kappa shape index (κ3) is 2.54. The molecule has 0 saturated heterocycles. The predicted molar refractivity (Wildman–Crippen MR) is 68.6 cm³/mol. The molecule has 1 heterocycles. The van der Waals surface area contributed by atoms with E-state index in [2.05, 4.69) is 10.5 Å². The van der Waals surface area contributed by atoms with Gasteiger partial charge in [0.1, 0.15) is 5.76 Å². The number of hydrogen-bond acceptors (Lipinski definition) is 3. The van der Waals surface area contributed by atoms with Crippen LogP contribution in [0.25, 0.3) is 0 Å². The Morgan fingerprint density at radius 2 is 2.11 bits per heavy atom. The number of aromatic nitrogens is 1. The van der Waals surface area contributed by atoms with Gasteiger partial charge in [-0.25, -0.2) is 0 Å². The number of rotatable bonds is 3. The normalized spacial score (nSPS) is 10.4. The lowest BCUT2D eigenvalue weighted by molar-refractivity contribution is 0.0951. The molecular formula is C13H13ClN2O2. The van der Waals surface area contributed by atoms with Crippen LogP contribution in [0.2, 0.25) is 5.02 Å². The Balaban J connectivity index is 2.08. The van der Waals surface area contributed by atoms with Gasteiger partial charge < -0.3 is 9.84 Å². The molecular weight excluding hydrogens is 252 g/mol. The Morgan fingerprint density at radius 3 is 2.72 bits per heavy atom. The van der Waals surface area contributed by atoms with Crippen molar-refractivity contribution in [3.8, 4) is 0 Å². The SMILES string of the molecule is Cc1noc(C)c1CNC(=O)c1ccccc1Cl. The maximum atomic E-state index is 11.9. The van der Waals surface area contributed by atoms with Crippen LogP contribution in [0.5, 0.6) is 0 Å². The molecule has 1 aromatic heterocycles. The molecule has 0 spiro atoms. The largest absolute Gasteiger partial charge is 0.361 e. The van der Waals surface area contributed by atoms with Crippen molar-refractivity contribution in [3.63, 3.8) is 0 Å². The summed E-state index contributed by atoms with van der Waals surface area (Å²) in [4.78, 5) is 11.9. The third-order valence-electron chi connectivity index (χ3n) is 2.73. The van der Waals surface area contributed by atoms with Gasteiger partial charge in [-0.2, -0.15) is 0 Å². The van der Waals surface area contributed by atoms with E-state index in [9.17, 15) is 4.79 Å². The lowest BCUT2D eigenvalue weighted by Gasteiger charge is -2.06. The van der Waals surface area contributed by atoms with Crippen LogP contribution in [-0.2, 0) is 6.54 Å². The Labute approximate surface area is 110 Å². The zero-order chi connectivity index (χ0) is 13.1. The molecule has 0 unspecified atom stereocenters. The molecule has 94 valence electrons. The number of aryl methyl sites for hydroxylation is 2. The first-order chi connectivity index (χ1) is 8.59. The van der Waals surface area contributed by atoms with Gasteiger partial charge in [0.15, 0.2) is 0 Å². The first kappa shape index (κ1) is 12.6. The first-order valence-corrected chi connectivity index (χ1v) is 5.92. The van der Waals surface area contributed by atoms with E-state index in [-0.39, 0.29) is 5.91 Å². The van der Waals surface area contributed by atoms with E-state index < -0.39 is 0 Å². The number of carbonyl (C=O) groups excluding carboxylic acids is 1. The van der Waals surface area contributed by atoms with Crippen molar-refractivity contribution in [1.29, 1.82) is 0 Å². The summed E-state index contributed by atoms with van der Waals surface area (Å²) in [7, 11) is 0. The number of carbonyl (C=O) groups is 1. The summed E-state index contributed by atoms with van der Waals surface area (Å²) >= 11 is 5.95. The van der Waals surface area contributed by atoms with Gasteiger partial charge in [0, 0.05) is 12.1 Å². The average Bonchev–Trinajstić information content (AvgIpc) is 2.67. The Hall–Kier alpha value is -1.81. The topological polar surface area (TPSA) is 55.1 Å². The first-order valence-electron chi connectivity index (χ1n) is 5.54. The molecule has 1 aromatic carbocycles. The van der Waals surface area contributed by atoms with Crippen molar-refractivity contribution >= 4 is 17.5 Å². The summed E-state index contributed by atoms with van der Waals surface area (Å²) in [5, 5.41) is 7.07. The smallest absolute Gasteiger partial charge is 0.253 e. The molecule has 0 saturated carbocycles. The molecule has 0 aliphatic carbocycles. The minimum atomic E-state index is -0.208. The molecule has 0 fully saturated rings. The standard InChI is InChI=1S/C13H13ClN2O2/c1-8-11(9(2)18-16-8)7-15-13(17)10-5-3-4-6-12(10)14/h3-6H,7H2,1-2H3,(H,15,17). The van der Waals surface area contributed by atoms with Crippen LogP contribution in [0.3, 0.4) is 0 Å². The van der Waals surface area contributed by atoms with Crippen LogP contribution in [0.4, 0.5) is 0 Å². The molecule has 2 rings (SSSR count). The number of nitrogens with one attached hydrogen (secondary N) is 1. The molecule has 0 radical (unpaired) electrons. The lowest BCUT2D eigenvalue weighted by Crippen LogP contribution is -2.23. The minimum absolute atomic E-state index is 0.208. The maximum Gasteiger partial charge on any atom is 0.253 e. The maximum absolute atomic E-state index is 11.9.